The van der Waals surface area contributed by atoms with Gasteiger partial charge in [-0.3, -0.25) is 0 Å². The first-order valence-electron chi connectivity index (χ1n) is 3.97. The Balaban J connectivity index is 2.72. The van der Waals surface area contributed by atoms with Crippen molar-refractivity contribution in [2.24, 2.45) is 0 Å². The zero-order valence-corrected chi connectivity index (χ0v) is 9.42. The molecule has 0 aromatic heterocycles. The minimum atomic E-state index is -0.624. The first-order valence-corrected chi connectivity index (χ1v) is 5.05. The molecule has 0 fully saturated rings. The van der Waals surface area contributed by atoms with Crippen LogP contribution in [0.5, 0.6) is 0 Å². The highest BCUT2D eigenvalue weighted by Crippen LogP contribution is 2.17. The second-order valence-corrected chi connectivity index (χ2v) is 3.80. The van der Waals surface area contributed by atoms with Gasteiger partial charge in [0.2, 0.25) is 0 Å². The van der Waals surface area contributed by atoms with Crippen LogP contribution in [0, 0.1) is 15.2 Å². The summed E-state index contributed by atoms with van der Waals surface area (Å²) >= 11 is 1.78. The molecule has 14 heavy (non-hydrogen) atoms. The lowest BCUT2D eigenvalue weighted by Crippen LogP contribution is -2.02. The van der Waals surface area contributed by atoms with E-state index < -0.39 is 11.6 Å². The van der Waals surface area contributed by atoms with Gasteiger partial charge in [-0.05, 0) is 28.7 Å². The third-order valence-electron chi connectivity index (χ3n) is 1.58. The predicted octanol–water partition coefficient (Wildman–Crippen LogP) is 2.08. The molecule has 0 saturated heterocycles. The number of ether oxygens (including phenoxy) is 1. The molecule has 0 bridgehead atoms. The molecule has 0 aliphatic heterocycles. The summed E-state index contributed by atoms with van der Waals surface area (Å²) in [7, 11) is 0. The van der Waals surface area contributed by atoms with Crippen molar-refractivity contribution in [3.8, 4) is 0 Å². The van der Waals surface area contributed by atoms with Gasteiger partial charge in [0.05, 0.1) is 19.8 Å². The molecule has 0 unspecified atom stereocenters. The molecule has 1 rings (SSSR count). The highest BCUT2D eigenvalue weighted by molar-refractivity contribution is 14.1. The molecule has 0 amide bonds. The quantitative estimate of drug-likeness (QED) is 0.524. The summed E-state index contributed by atoms with van der Waals surface area (Å²) in [4.78, 5) is 0. The van der Waals surface area contributed by atoms with E-state index in [1.165, 1.54) is 6.07 Å². The molecule has 0 aliphatic rings. The average Bonchev–Trinajstić information content (AvgIpc) is 2.14. The average molecular weight is 314 g/mol. The van der Waals surface area contributed by atoms with E-state index in [9.17, 15) is 8.78 Å². The van der Waals surface area contributed by atoms with Gasteiger partial charge in [0, 0.05) is 15.2 Å². The van der Waals surface area contributed by atoms with Crippen LogP contribution < -0.4 is 0 Å². The van der Waals surface area contributed by atoms with Crippen LogP contribution in [0.3, 0.4) is 0 Å². The lowest BCUT2D eigenvalue weighted by atomic mass is 10.2. The molecule has 1 aromatic carbocycles. The van der Waals surface area contributed by atoms with Crippen LogP contribution in [0.4, 0.5) is 8.78 Å². The van der Waals surface area contributed by atoms with E-state index >= 15 is 0 Å². The van der Waals surface area contributed by atoms with Crippen molar-refractivity contribution in [1.29, 1.82) is 0 Å². The van der Waals surface area contributed by atoms with Gasteiger partial charge in [-0.2, -0.15) is 0 Å². The minimum Gasteiger partial charge on any atom is -0.394 e. The van der Waals surface area contributed by atoms with Gasteiger partial charge in [-0.25, -0.2) is 8.78 Å². The molecule has 0 aliphatic carbocycles. The Morgan fingerprint density at radius 1 is 1.29 bits per heavy atom. The fourth-order valence-electron chi connectivity index (χ4n) is 0.921. The van der Waals surface area contributed by atoms with Gasteiger partial charge >= 0.3 is 0 Å². The van der Waals surface area contributed by atoms with Crippen LogP contribution in [0.25, 0.3) is 0 Å². The fourth-order valence-corrected chi connectivity index (χ4v) is 1.45. The molecule has 0 atom stereocenters. The molecule has 0 radical (unpaired) electrons. The number of halogens is 3. The highest BCUT2D eigenvalue weighted by atomic mass is 127. The van der Waals surface area contributed by atoms with Gasteiger partial charge in [0.1, 0.15) is 11.6 Å². The van der Waals surface area contributed by atoms with E-state index in [1.807, 2.05) is 0 Å². The summed E-state index contributed by atoms with van der Waals surface area (Å²) in [5.74, 6) is -1.20. The third kappa shape index (κ3) is 3.14. The molecule has 1 N–H and O–H groups in total. The van der Waals surface area contributed by atoms with E-state index in [-0.39, 0.29) is 19.8 Å². The molecule has 78 valence electrons. The maximum absolute atomic E-state index is 13.1. The van der Waals surface area contributed by atoms with Gasteiger partial charge in [0.25, 0.3) is 0 Å². The zero-order valence-electron chi connectivity index (χ0n) is 7.27. The lowest BCUT2D eigenvalue weighted by Gasteiger charge is -2.05. The standard InChI is InChI=1S/C9H9F2IO2/c10-7-4-8(11)9(12)3-6(7)5-14-2-1-13/h3-4,13H,1-2,5H2. The van der Waals surface area contributed by atoms with Gasteiger partial charge in [0.15, 0.2) is 0 Å². The van der Waals surface area contributed by atoms with Crippen molar-refractivity contribution < 1.29 is 18.6 Å². The summed E-state index contributed by atoms with van der Waals surface area (Å²) in [5.41, 5.74) is 0.296. The van der Waals surface area contributed by atoms with Gasteiger partial charge < -0.3 is 9.84 Å². The van der Waals surface area contributed by atoms with Crippen molar-refractivity contribution in [2.75, 3.05) is 13.2 Å². The summed E-state index contributed by atoms with van der Waals surface area (Å²) in [6, 6.07) is 2.22. The highest BCUT2D eigenvalue weighted by Gasteiger charge is 2.07. The van der Waals surface area contributed by atoms with Crippen molar-refractivity contribution >= 4 is 22.6 Å². The number of aliphatic hydroxyl groups excluding tert-OH is 1. The van der Waals surface area contributed by atoms with Crippen LogP contribution in [0.15, 0.2) is 12.1 Å². The second kappa shape index (κ2) is 5.57. The van der Waals surface area contributed by atoms with E-state index in [0.717, 1.165) is 6.07 Å². The van der Waals surface area contributed by atoms with E-state index in [4.69, 9.17) is 9.84 Å². The van der Waals surface area contributed by atoms with Crippen LogP contribution in [0.2, 0.25) is 0 Å². The Labute approximate surface area is 94.0 Å². The summed E-state index contributed by atoms with van der Waals surface area (Å²) in [6.07, 6.45) is 0. The fraction of sp³-hybridized carbons (Fsp3) is 0.333. The molecule has 0 spiro atoms. The first-order chi connectivity index (χ1) is 6.65. The third-order valence-corrected chi connectivity index (χ3v) is 2.41. The van der Waals surface area contributed by atoms with Gasteiger partial charge in [-0.1, -0.05) is 0 Å². The number of aliphatic hydroxyl groups is 1. The summed E-state index contributed by atoms with van der Waals surface area (Å²) in [5, 5.41) is 8.43. The SMILES string of the molecule is OCCOCc1cc(I)c(F)cc1F. The Morgan fingerprint density at radius 2 is 2.00 bits per heavy atom. The van der Waals surface area contributed by atoms with Crippen LogP contribution in [-0.2, 0) is 11.3 Å². The Morgan fingerprint density at radius 3 is 2.64 bits per heavy atom. The van der Waals surface area contributed by atoms with Crippen molar-refractivity contribution in [2.45, 2.75) is 6.61 Å². The predicted molar refractivity (Wildman–Crippen MR) is 55.8 cm³/mol. The largest absolute Gasteiger partial charge is 0.394 e. The molecule has 1 aromatic rings. The maximum Gasteiger partial charge on any atom is 0.139 e. The number of hydrogen-bond donors (Lipinski definition) is 1. The smallest absolute Gasteiger partial charge is 0.139 e. The zero-order chi connectivity index (χ0) is 10.6. The Kier molecular flexibility index (Phi) is 4.70. The summed E-state index contributed by atoms with van der Waals surface area (Å²) in [6.45, 7) is 0.0793. The molecule has 0 saturated carbocycles. The van der Waals surface area contributed by atoms with E-state index in [0.29, 0.717) is 9.13 Å². The maximum atomic E-state index is 13.1. The molecular formula is C9H9F2IO2. The number of hydrogen-bond acceptors (Lipinski definition) is 2. The Bertz CT molecular complexity index is 318. The van der Waals surface area contributed by atoms with Crippen LogP contribution in [0.1, 0.15) is 5.56 Å². The number of benzene rings is 1. The summed E-state index contributed by atoms with van der Waals surface area (Å²) < 4.78 is 31.2. The van der Waals surface area contributed by atoms with Crippen LogP contribution in [-0.4, -0.2) is 18.3 Å². The second-order valence-electron chi connectivity index (χ2n) is 2.63. The first kappa shape index (κ1) is 11.8. The topological polar surface area (TPSA) is 29.5 Å². The molecule has 0 heterocycles. The van der Waals surface area contributed by atoms with Gasteiger partial charge in [-0.15, -0.1) is 0 Å². The lowest BCUT2D eigenvalue weighted by molar-refractivity contribution is 0.0798. The minimum absolute atomic E-state index is 0.0443. The van der Waals surface area contributed by atoms with E-state index in [1.54, 1.807) is 22.6 Å². The van der Waals surface area contributed by atoms with Crippen molar-refractivity contribution in [1.82, 2.24) is 0 Å². The number of rotatable bonds is 4. The molecular weight excluding hydrogens is 305 g/mol. The normalized spacial score (nSPS) is 10.6. The molecule has 5 heteroatoms. The molecule has 2 nitrogen and oxygen atoms in total. The van der Waals surface area contributed by atoms with Crippen molar-refractivity contribution in [3.05, 3.63) is 32.9 Å². The monoisotopic (exact) mass is 314 g/mol. The van der Waals surface area contributed by atoms with E-state index in [2.05, 4.69) is 0 Å². The van der Waals surface area contributed by atoms with Crippen LogP contribution >= 0.6 is 22.6 Å². The Hall–Kier alpha value is -0.270. The van der Waals surface area contributed by atoms with Crippen molar-refractivity contribution in [3.63, 3.8) is 0 Å².